The molecule has 1 unspecified atom stereocenters. The van der Waals surface area contributed by atoms with Crippen molar-refractivity contribution in [2.75, 3.05) is 12.9 Å². The maximum atomic E-state index is 11.3. The second kappa shape index (κ2) is 6.18. The fraction of sp³-hybridized carbons (Fsp3) is 0.636. The zero-order valence-corrected chi connectivity index (χ0v) is 10.6. The van der Waals surface area contributed by atoms with Crippen molar-refractivity contribution in [2.24, 2.45) is 0 Å². The van der Waals surface area contributed by atoms with Crippen LogP contribution in [0.5, 0.6) is 0 Å². The molecular weight excluding hydrogens is 240 g/mol. The van der Waals surface area contributed by atoms with E-state index < -0.39 is 0 Å². The highest BCUT2D eigenvalue weighted by molar-refractivity contribution is 7.98. The van der Waals surface area contributed by atoms with E-state index in [1.165, 1.54) is 17.8 Å². The van der Waals surface area contributed by atoms with E-state index in [-0.39, 0.29) is 11.8 Å². The van der Waals surface area contributed by atoms with Crippen LogP contribution in [0.1, 0.15) is 25.0 Å². The van der Waals surface area contributed by atoms with Gasteiger partial charge in [0.1, 0.15) is 0 Å². The molecule has 0 radical (unpaired) electrons. The zero-order valence-electron chi connectivity index (χ0n) is 9.77. The van der Waals surface area contributed by atoms with Crippen LogP contribution in [0.2, 0.25) is 0 Å². The summed E-state index contributed by atoms with van der Waals surface area (Å²) in [6.07, 6.45) is 4.86. The molecule has 1 aliphatic rings. The molecular formula is C11H16N2O3S. The third-order valence-corrected chi connectivity index (χ3v) is 3.10. The van der Waals surface area contributed by atoms with Gasteiger partial charge in [0.15, 0.2) is 11.4 Å². The molecule has 1 aliphatic heterocycles. The summed E-state index contributed by atoms with van der Waals surface area (Å²) in [5.74, 6) is 0. The Morgan fingerprint density at radius 3 is 3.24 bits per heavy atom. The lowest BCUT2D eigenvalue weighted by atomic mass is 10.2. The Morgan fingerprint density at radius 1 is 1.65 bits per heavy atom. The topological polar surface area (TPSA) is 64.2 Å². The van der Waals surface area contributed by atoms with Gasteiger partial charge < -0.3 is 14.5 Å². The Hall–Kier alpha value is -0.850. The van der Waals surface area contributed by atoms with Crippen molar-refractivity contribution in [1.82, 2.24) is 9.97 Å². The Bertz CT molecular complexity index is 415. The molecule has 94 valence electrons. The first kappa shape index (κ1) is 12.6. The Balaban J connectivity index is 1.93. The highest BCUT2D eigenvalue weighted by Gasteiger charge is 2.14. The largest absolute Gasteiger partial charge is 0.353 e. The molecule has 0 aromatic carbocycles. The number of nitrogens with one attached hydrogen (secondary N) is 1. The van der Waals surface area contributed by atoms with Crippen LogP contribution in [0.15, 0.2) is 16.0 Å². The van der Waals surface area contributed by atoms with Gasteiger partial charge in [0.25, 0.3) is 5.56 Å². The van der Waals surface area contributed by atoms with Gasteiger partial charge in [0.2, 0.25) is 0 Å². The molecule has 1 saturated heterocycles. The van der Waals surface area contributed by atoms with Crippen molar-refractivity contribution in [2.45, 2.75) is 37.3 Å². The maximum absolute atomic E-state index is 11.3. The summed E-state index contributed by atoms with van der Waals surface area (Å²) in [7, 11) is 0. The van der Waals surface area contributed by atoms with Gasteiger partial charge in [-0.2, -0.15) is 0 Å². The molecule has 0 amide bonds. The minimum atomic E-state index is -0.150. The number of hydrogen-bond acceptors (Lipinski definition) is 5. The minimum absolute atomic E-state index is 0.146. The molecule has 0 aliphatic carbocycles. The van der Waals surface area contributed by atoms with Crippen LogP contribution in [0.3, 0.4) is 0 Å². The number of nitrogens with zero attached hydrogens (tertiary/aromatic N) is 1. The number of aromatic amines is 1. The van der Waals surface area contributed by atoms with Gasteiger partial charge in [0.05, 0.1) is 12.3 Å². The van der Waals surface area contributed by atoms with Crippen LogP contribution in [0, 0.1) is 0 Å². The molecule has 1 aromatic rings. The van der Waals surface area contributed by atoms with Gasteiger partial charge in [-0.1, -0.05) is 11.8 Å². The van der Waals surface area contributed by atoms with Gasteiger partial charge in [0, 0.05) is 12.7 Å². The number of aromatic nitrogens is 2. The smallest absolute Gasteiger partial charge is 0.251 e. The summed E-state index contributed by atoms with van der Waals surface area (Å²) < 4.78 is 11.0. The molecule has 0 spiro atoms. The van der Waals surface area contributed by atoms with Gasteiger partial charge in [-0.15, -0.1) is 0 Å². The highest BCUT2D eigenvalue weighted by atomic mass is 32.2. The van der Waals surface area contributed by atoms with Crippen molar-refractivity contribution in [3.8, 4) is 0 Å². The lowest BCUT2D eigenvalue weighted by molar-refractivity contribution is -0.169. The quantitative estimate of drug-likeness (QED) is 0.654. The first-order valence-electron chi connectivity index (χ1n) is 5.65. The van der Waals surface area contributed by atoms with Crippen LogP contribution < -0.4 is 5.56 Å². The van der Waals surface area contributed by atoms with E-state index in [2.05, 4.69) is 9.97 Å². The molecule has 2 heterocycles. The molecule has 0 bridgehead atoms. The molecule has 1 N–H and O–H groups in total. The number of H-pyrrole nitrogens is 1. The lowest BCUT2D eigenvalue weighted by Crippen LogP contribution is -2.22. The van der Waals surface area contributed by atoms with Crippen LogP contribution in [-0.2, 0) is 16.1 Å². The van der Waals surface area contributed by atoms with E-state index >= 15 is 0 Å². The number of rotatable bonds is 4. The van der Waals surface area contributed by atoms with Gasteiger partial charge in [-0.25, -0.2) is 4.98 Å². The summed E-state index contributed by atoms with van der Waals surface area (Å²) >= 11 is 1.41. The van der Waals surface area contributed by atoms with Crippen molar-refractivity contribution in [1.29, 1.82) is 0 Å². The monoisotopic (exact) mass is 256 g/mol. The first-order valence-corrected chi connectivity index (χ1v) is 6.88. The zero-order chi connectivity index (χ0) is 12.1. The highest BCUT2D eigenvalue weighted by Crippen LogP contribution is 2.15. The third-order valence-electron chi connectivity index (χ3n) is 2.52. The summed E-state index contributed by atoms with van der Waals surface area (Å²) in [5, 5.41) is 0.612. The Kier molecular flexibility index (Phi) is 4.58. The number of ether oxygens (including phenoxy) is 2. The second-order valence-corrected chi connectivity index (χ2v) is 4.65. The summed E-state index contributed by atoms with van der Waals surface area (Å²) in [6, 6.07) is 1.46. The van der Waals surface area contributed by atoms with E-state index in [4.69, 9.17) is 9.47 Å². The average Bonchev–Trinajstić information content (AvgIpc) is 2.37. The number of hydrogen-bond donors (Lipinski definition) is 1. The van der Waals surface area contributed by atoms with Crippen molar-refractivity contribution in [3.05, 3.63) is 22.1 Å². The lowest BCUT2D eigenvalue weighted by Gasteiger charge is -2.22. The molecule has 0 saturated carbocycles. The fourth-order valence-electron chi connectivity index (χ4n) is 1.68. The molecule has 17 heavy (non-hydrogen) atoms. The Labute approximate surface area is 104 Å². The Morgan fingerprint density at radius 2 is 2.53 bits per heavy atom. The second-order valence-electron chi connectivity index (χ2n) is 3.85. The van der Waals surface area contributed by atoms with Crippen LogP contribution >= 0.6 is 11.8 Å². The number of thioether (sulfide) groups is 1. The predicted molar refractivity (Wildman–Crippen MR) is 65.0 cm³/mol. The van der Waals surface area contributed by atoms with Gasteiger partial charge >= 0.3 is 0 Å². The molecule has 2 rings (SSSR count). The summed E-state index contributed by atoms with van der Waals surface area (Å²) in [6.45, 7) is 1.08. The van der Waals surface area contributed by atoms with Crippen molar-refractivity contribution in [3.63, 3.8) is 0 Å². The SMILES string of the molecule is CSc1nc(COC2CCCCO2)cc(=O)[nH]1. The summed E-state index contributed by atoms with van der Waals surface area (Å²) in [5.41, 5.74) is 0.500. The van der Waals surface area contributed by atoms with Crippen molar-refractivity contribution < 1.29 is 9.47 Å². The van der Waals surface area contributed by atoms with E-state index in [9.17, 15) is 4.79 Å². The van der Waals surface area contributed by atoms with E-state index in [0.29, 0.717) is 17.5 Å². The molecule has 1 aromatic heterocycles. The predicted octanol–water partition coefficient (Wildman–Crippen LogP) is 1.53. The fourth-order valence-corrected chi connectivity index (χ4v) is 2.09. The third kappa shape index (κ3) is 3.83. The maximum Gasteiger partial charge on any atom is 0.251 e. The van der Waals surface area contributed by atoms with E-state index in [1.807, 2.05) is 6.26 Å². The van der Waals surface area contributed by atoms with E-state index in [1.54, 1.807) is 0 Å². The van der Waals surface area contributed by atoms with Crippen LogP contribution in [0.25, 0.3) is 0 Å². The van der Waals surface area contributed by atoms with Crippen molar-refractivity contribution >= 4 is 11.8 Å². The van der Waals surface area contributed by atoms with E-state index in [0.717, 1.165) is 25.9 Å². The average molecular weight is 256 g/mol. The molecule has 1 atom stereocenters. The first-order chi connectivity index (χ1) is 8.28. The molecule has 6 heteroatoms. The van der Waals surface area contributed by atoms with Gasteiger partial charge in [-0.05, 0) is 25.5 Å². The standard InChI is InChI=1S/C11H16N2O3S/c1-17-11-12-8(6-9(14)13-11)7-16-10-4-2-3-5-15-10/h6,10H,2-5,7H2,1H3,(H,12,13,14). The van der Waals surface area contributed by atoms with Crippen LogP contribution in [-0.4, -0.2) is 29.1 Å². The molecule has 5 nitrogen and oxygen atoms in total. The normalized spacial score (nSPS) is 20.4. The summed E-state index contributed by atoms with van der Waals surface area (Å²) in [4.78, 5) is 18.2. The van der Waals surface area contributed by atoms with Gasteiger partial charge in [-0.3, -0.25) is 4.79 Å². The molecule has 1 fully saturated rings. The van der Waals surface area contributed by atoms with Crippen LogP contribution in [0.4, 0.5) is 0 Å². The minimum Gasteiger partial charge on any atom is -0.353 e.